The standard InChI is InChI=1S/C29H32N4O3S/c1-18(34)31-26(16-22-17-37-25-11-7-6-10-23(22)25)33-27(35)24(32-28(36)29(2,3)30)15-19-12-13-20-8-4-5-9-21(20)14-19/h4-14,17,24,26H,15-16,30H2,1-3H3,(H,31,34)(H,32,36)(H,33,35)/t24-,26-/m1/s1. The lowest BCUT2D eigenvalue weighted by atomic mass is 9.99. The molecule has 0 saturated heterocycles. The van der Waals surface area contributed by atoms with Gasteiger partial charge in [-0.3, -0.25) is 14.4 Å². The molecule has 2 atom stereocenters. The number of rotatable bonds is 9. The van der Waals surface area contributed by atoms with Gasteiger partial charge in [-0.1, -0.05) is 60.7 Å². The van der Waals surface area contributed by atoms with Crippen molar-refractivity contribution >= 4 is 49.9 Å². The zero-order valence-electron chi connectivity index (χ0n) is 21.2. The Bertz CT molecular complexity index is 1440. The van der Waals surface area contributed by atoms with Crippen molar-refractivity contribution in [3.05, 3.63) is 83.2 Å². The molecule has 0 bridgehead atoms. The lowest BCUT2D eigenvalue weighted by Gasteiger charge is -2.27. The number of hydrogen-bond acceptors (Lipinski definition) is 5. The van der Waals surface area contributed by atoms with Crippen molar-refractivity contribution in [2.24, 2.45) is 5.73 Å². The highest BCUT2D eigenvalue weighted by atomic mass is 32.1. The van der Waals surface area contributed by atoms with Crippen LogP contribution in [0, 0.1) is 0 Å². The number of amides is 3. The van der Waals surface area contributed by atoms with E-state index in [1.807, 2.05) is 72.1 Å². The Labute approximate surface area is 220 Å². The summed E-state index contributed by atoms with van der Waals surface area (Å²) < 4.78 is 1.14. The fourth-order valence-corrected chi connectivity index (χ4v) is 5.20. The van der Waals surface area contributed by atoms with Crippen LogP contribution in [0.5, 0.6) is 0 Å². The molecule has 4 rings (SSSR count). The van der Waals surface area contributed by atoms with Crippen LogP contribution >= 0.6 is 11.3 Å². The quantitative estimate of drug-likeness (QED) is 0.254. The summed E-state index contributed by atoms with van der Waals surface area (Å²) in [6, 6.07) is 21.1. The minimum atomic E-state index is -1.16. The second-order valence-electron chi connectivity index (χ2n) is 9.86. The second kappa shape index (κ2) is 11.1. The average molecular weight is 517 g/mol. The Kier molecular flexibility index (Phi) is 7.90. The maximum absolute atomic E-state index is 13.5. The highest BCUT2D eigenvalue weighted by Crippen LogP contribution is 2.26. The van der Waals surface area contributed by atoms with Crippen LogP contribution in [0.1, 0.15) is 31.9 Å². The van der Waals surface area contributed by atoms with E-state index in [1.54, 1.807) is 25.2 Å². The summed E-state index contributed by atoms with van der Waals surface area (Å²) in [6.07, 6.45) is 0.0333. The van der Waals surface area contributed by atoms with E-state index in [9.17, 15) is 14.4 Å². The molecule has 0 aliphatic carbocycles. The smallest absolute Gasteiger partial charge is 0.244 e. The van der Waals surface area contributed by atoms with Gasteiger partial charge in [-0.25, -0.2) is 0 Å². The third kappa shape index (κ3) is 6.72. The Morgan fingerprint density at radius 1 is 0.892 bits per heavy atom. The van der Waals surface area contributed by atoms with Crippen LogP contribution in [0.25, 0.3) is 20.9 Å². The van der Waals surface area contributed by atoms with Crippen molar-refractivity contribution in [3.8, 4) is 0 Å². The molecule has 3 amide bonds. The molecule has 3 aromatic carbocycles. The van der Waals surface area contributed by atoms with E-state index in [4.69, 9.17) is 5.73 Å². The minimum absolute atomic E-state index is 0.261. The number of nitrogens with one attached hydrogen (secondary N) is 3. The molecule has 0 aliphatic rings. The normalized spacial score (nSPS) is 13.2. The first-order valence-corrected chi connectivity index (χ1v) is 13.1. The van der Waals surface area contributed by atoms with E-state index < -0.39 is 29.6 Å². The first-order chi connectivity index (χ1) is 17.6. The topological polar surface area (TPSA) is 113 Å². The van der Waals surface area contributed by atoms with Gasteiger partial charge >= 0.3 is 0 Å². The van der Waals surface area contributed by atoms with E-state index in [-0.39, 0.29) is 12.3 Å². The van der Waals surface area contributed by atoms with Gasteiger partial charge in [-0.15, -0.1) is 11.3 Å². The third-order valence-corrected chi connectivity index (χ3v) is 7.15. The summed E-state index contributed by atoms with van der Waals surface area (Å²) in [4.78, 5) is 38.3. The van der Waals surface area contributed by atoms with E-state index in [0.717, 1.165) is 32.0 Å². The summed E-state index contributed by atoms with van der Waals surface area (Å²) in [5.74, 6) is -1.10. The fourth-order valence-electron chi connectivity index (χ4n) is 4.22. The fraction of sp³-hybridized carbons (Fsp3) is 0.276. The molecule has 0 unspecified atom stereocenters. The number of carbonyl (C=O) groups excluding carboxylic acids is 3. The lowest BCUT2D eigenvalue weighted by Crippen LogP contribution is -2.59. The van der Waals surface area contributed by atoms with Gasteiger partial charge in [0.1, 0.15) is 12.2 Å². The van der Waals surface area contributed by atoms with Gasteiger partial charge in [-0.2, -0.15) is 0 Å². The van der Waals surface area contributed by atoms with Gasteiger partial charge < -0.3 is 21.7 Å². The van der Waals surface area contributed by atoms with Gasteiger partial charge in [-0.05, 0) is 52.6 Å². The molecule has 8 heteroatoms. The summed E-state index contributed by atoms with van der Waals surface area (Å²) in [5.41, 5.74) is 6.77. The molecule has 192 valence electrons. The zero-order valence-corrected chi connectivity index (χ0v) is 22.0. The first-order valence-electron chi connectivity index (χ1n) is 12.2. The number of fused-ring (bicyclic) bond motifs is 2. The molecule has 5 N–H and O–H groups in total. The Morgan fingerprint density at radius 3 is 2.32 bits per heavy atom. The van der Waals surface area contributed by atoms with Gasteiger partial charge in [0.25, 0.3) is 0 Å². The third-order valence-electron chi connectivity index (χ3n) is 6.14. The molecule has 1 heterocycles. The summed E-state index contributed by atoms with van der Waals surface area (Å²) >= 11 is 1.62. The van der Waals surface area contributed by atoms with Crippen molar-refractivity contribution in [2.45, 2.75) is 51.4 Å². The predicted molar refractivity (Wildman–Crippen MR) is 149 cm³/mol. The Hall–Kier alpha value is -3.75. The monoisotopic (exact) mass is 516 g/mol. The summed E-state index contributed by atoms with van der Waals surface area (Å²) in [7, 11) is 0. The number of nitrogens with two attached hydrogens (primary N) is 1. The molecular formula is C29H32N4O3S. The number of benzene rings is 3. The summed E-state index contributed by atoms with van der Waals surface area (Å²) in [6.45, 7) is 4.60. The largest absolute Gasteiger partial charge is 0.342 e. The van der Waals surface area contributed by atoms with Gasteiger partial charge in [0.15, 0.2) is 0 Å². The Morgan fingerprint density at radius 2 is 1.59 bits per heavy atom. The van der Waals surface area contributed by atoms with Crippen LogP contribution in [-0.2, 0) is 27.2 Å². The second-order valence-corrected chi connectivity index (χ2v) is 10.8. The average Bonchev–Trinajstić information content (AvgIpc) is 3.25. The van der Waals surface area contributed by atoms with Gasteiger partial charge in [0, 0.05) is 24.5 Å². The molecule has 1 aromatic heterocycles. The molecule has 4 aromatic rings. The predicted octanol–water partition coefficient (Wildman–Crippen LogP) is 3.64. The van der Waals surface area contributed by atoms with Crippen LogP contribution in [0.2, 0.25) is 0 Å². The van der Waals surface area contributed by atoms with Gasteiger partial charge in [0.05, 0.1) is 5.54 Å². The highest BCUT2D eigenvalue weighted by molar-refractivity contribution is 7.17. The molecule has 0 spiro atoms. The molecule has 0 fully saturated rings. The van der Waals surface area contributed by atoms with E-state index in [2.05, 4.69) is 16.0 Å². The first kappa shape index (κ1) is 26.3. The molecule has 0 aliphatic heterocycles. The van der Waals surface area contributed by atoms with Crippen LogP contribution in [0.4, 0.5) is 0 Å². The highest BCUT2D eigenvalue weighted by Gasteiger charge is 2.29. The lowest BCUT2D eigenvalue weighted by molar-refractivity contribution is -0.132. The maximum atomic E-state index is 13.5. The minimum Gasteiger partial charge on any atom is -0.342 e. The maximum Gasteiger partial charge on any atom is 0.244 e. The van der Waals surface area contributed by atoms with E-state index >= 15 is 0 Å². The van der Waals surface area contributed by atoms with E-state index in [1.165, 1.54) is 6.92 Å². The molecule has 7 nitrogen and oxygen atoms in total. The molecule has 37 heavy (non-hydrogen) atoms. The zero-order chi connectivity index (χ0) is 26.6. The van der Waals surface area contributed by atoms with E-state index in [0.29, 0.717) is 6.42 Å². The van der Waals surface area contributed by atoms with Crippen LogP contribution in [0.3, 0.4) is 0 Å². The Balaban J connectivity index is 1.57. The van der Waals surface area contributed by atoms with Crippen LogP contribution in [0.15, 0.2) is 72.1 Å². The molecule has 0 saturated carbocycles. The summed E-state index contributed by atoms with van der Waals surface area (Å²) in [5, 5.41) is 13.9. The van der Waals surface area contributed by atoms with Crippen molar-refractivity contribution in [3.63, 3.8) is 0 Å². The van der Waals surface area contributed by atoms with Crippen molar-refractivity contribution in [1.82, 2.24) is 16.0 Å². The molecular weight excluding hydrogens is 484 g/mol. The van der Waals surface area contributed by atoms with Crippen molar-refractivity contribution in [2.75, 3.05) is 0 Å². The molecule has 0 radical (unpaired) electrons. The van der Waals surface area contributed by atoms with Crippen molar-refractivity contribution < 1.29 is 14.4 Å². The SMILES string of the molecule is CC(=O)N[C@@H](Cc1csc2ccccc12)NC(=O)[C@@H](Cc1ccc2ccccc2c1)NC(=O)C(C)(C)N. The number of carbonyl (C=O) groups is 3. The van der Waals surface area contributed by atoms with Crippen LogP contribution in [-0.4, -0.2) is 35.5 Å². The van der Waals surface area contributed by atoms with Gasteiger partial charge in [0.2, 0.25) is 17.7 Å². The van der Waals surface area contributed by atoms with Crippen molar-refractivity contribution in [1.29, 1.82) is 0 Å². The number of hydrogen-bond donors (Lipinski definition) is 4. The number of thiophene rings is 1. The van der Waals surface area contributed by atoms with Crippen LogP contribution < -0.4 is 21.7 Å².